The molecule has 0 fully saturated rings. The maximum atomic E-state index is 13.3. The Hall–Kier alpha value is -0.410. The maximum absolute atomic E-state index is 13.3. The quantitative estimate of drug-likeness (QED) is 0.171. The first-order chi connectivity index (χ1) is 12.8. The Labute approximate surface area is 168 Å². The summed E-state index contributed by atoms with van der Waals surface area (Å²) in [6.07, 6.45) is 11.5. The van der Waals surface area contributed by atoms with E-state index in [4.69, 9.17) is 9.05 Å². The van der Waals surface area contributed by atoms with E-state index in [1.807, 2.05) is 26.8 Å². The van der Waals surface area contributed by atoms with E-state index in [1.54, 1.807) is 0 Å². The third kappa shape index (κ3) is 11.9. The summed E-state index contributed by atoms with van der Waals surface area (Å²) in [5.74, 6) is 0. The molecule has 27 heavy (non-hydrogen) atoms. The second-order valence-electron chi connectivity index (χ2n) is 7.47. The molecule has 1 unspecified atom stereocenters. The first-order valence-electron chi connectivity index (χ1n) is 10.7. The van der Waals surface area contributed by atoms with Gasteiger partial charge in [-0.1, -0.05) is 62.3 Å². The van der Waals surface area contributed by atoms with Crippen molar-refractivity contribution in [3.05, 3.63) is 23.3 Å². The molecule has 0 aromatic carbocycles. The summed E-state index contributed by atoms with van der Waals surface area (Å²) in [4.78, 5) is 0. The number of hydrogen-bond acceptors (Lipinski definition) is 4. The van der Waals surface area contributed by atoms with Crippen LogP contribution in [0.5, 0.6) is 0 Å². The predicted octanol–water partition coefficient (Wildman–Crippen LogP) is 7.04. The van der Waals surface area contributed by atoms with E-state index in [0.717, 1.165) is 31.3 Å². The fraction of sp³-hybridized carbons (Fsp3) is 0.818. The van der Waals surface area contributed by atoms with Gasteiger partial charge in [0.25, 0.3) is 0 Å². The average Bonchev–Trinajstić information content (AvgIpc) is 2.59. The highest BCUT2D eigenvalue weighted by Gasteiger charge is 2.38. The van der Waals surface area contributed by atoms with Crippen molar-refractivity contribution >= 4 is 7.60 Å². The number of unbranched alkanes of at least 4 members (excludes halogenated alkanes) is 4. The van der Waals surface area contributed by atoms with Crippen LogP contribution in [0, 0.1) is 0 Å². The molecule has 0 bridgehead atoms. The van der Waals surface area contributed by atoms with E-state index in [0.29, 0.717) is 19.6 Å². The van der Waals surface area contributed by atoms with Gasteiger partial charge in [-0.2, -0.15) is 0 Å². The van der Waals surface area contributed by atoms with Gasteiger partial charge in [-0.15, -0.1) is 0 Å². The highest BCUT2D eigenvalue weighted by Crippen LogP contribution is 2.55. The molecule has 4 nitrogen and oxygen atoms in total. The Balaban J connectivity index is 5.23. The van der Waals surface area contributed by atoms with Crippen LogP contribution >= 0.6 is 7.60 Å². The normalized spacial score (nSPS) is 14.9. The van der Waals surface area contributed by atoms with Crippen LogP contribution in [0.15, 0.2) is 23.3 Å². The van der Waals surface area contributed by atoms with Gasteiger partial charge >= 0.3 is 7.60 Å². The van der Waals surface area contributed by atoms with Gasteiger partial charge in [-0.3, -0.25) is 4.57 Å². The van der Waals surface area contributed by atoms with Gasteiger partial charge in [-0.25, -0.2) is 0 Å². The Morgan fingerprint density at radius 3 is 2.11 bits per heavy atom. The average molecular weight is 403 g/mol. The third-order valence-electron chi connectivity index (χ3n) is 4.53. The minimum atomic E-state index is -3.39. The van der Waals surface area contributed by atoms with E-state index in [1.165, 1.54) is 24.8 Å². The van der Waals surface area contributed by atoms with Crippen LogP contribution in [0.1, 0.15) is 92.9 Å². The van der Waals surface area contributed by atoms with Gasteiger partial charge in [0.2, 0.25) is 0 Å². The van der Waals surface area contributed by atoms with Crippen molar-refractivity contribution < 1.29 is 18.7 Å². The van der Waals surface area contributed by atoms with Crippen LogP contribution < -0.4 is 0 Å². The molecule has 2 atom stereocenters. The zero-order chi connectivity index (χ0) is 20.7. The summed E-state index contributed by atoms with van der Waals surface area (Å²) in [6.45, 7) is 12.6. The fourth-order valence-electron chi connectivity index (χ4n) is 3.07. The van der Waals surface area contributed by atoms with E-state index in [-0.39, 0.29) is 0 Å². The van der Waals surface area contributed by atoms with Gasteiger partial charge in [0.15, 0.2) is 0 Å². The van der Waals surface area contributed by atoms with Crippen molar-refractivity contribution in [2.75, 3.05) is 13.2 Å². The summed E-state index contributed by atoms with van der Waals surface area (Å²) >= 11 is 0. The molecule has 160 valence electrons. The summed E-state index contributed by atoms with van der Waals surface area (Å²) in [6, 6.07) is 0. The Morgan fingerprint density at radius 1 is 1.00 bits per heavy atom. The number of aliphatic hydroxyl groups excluding tert-OH is 1. The van der Waals surface area contributed by atoms with E-state index in [2.05, 4.69) is 26.8 Å². The van der Waals surface area contributed by atoms with Crippen molar-refractivity contribution in [2.24, 2.45) is 0 Å². The molecule has 0 rings (SSSR count). The summed E-state index contributed by atoms with van der Waals surface area (Å²) in [5.41, 5.74) is 1.80. The van der Waals surface area contributed by atoms with Crippen molar-refractivity contribution in [3.8, 4) is 0 Å². The molecule has 5 heteroatoms. The summed E-state index contributed by atoms with van der Waals surface area (Å²) in [5, 5.41) is 10.8. The lowest BCUT2D eigenvalue weighted by molar-refractivity contribution is 0.140. The molecule has 0 saturated carbocycles. The smallest absolute Gasteiger partial charge is 0.340 e. The molecule has 0 aliphatic rings. The Bertz CT molecular complexity index is 471. The van der Waals surface area contributed by atoms with Crippen LogP contribution in [0.25, 0.3) is 0 Å². The number of rotatable bonds is 16. The van der Waals surface area contributed by atoms with Crippen molar-refractivity contribution in [1.82, 2.24) is 0 Å². The molecular formula is C22H43O4P. The highest BCUT2D eigenvalue weighted by molar-refractivity contribution is 7.55. The van der Waals surface area contributed by atoms with Crippen molar-refractivity contribution in [2.45, 2.75) is 105 Å². The molecule has 0 heterocycles. The highest BCUT2D eigenvalue weighted by atomic mass is 31.2. The van der Waals surface area contributed by atoms with Crippen LogP contribution in [0.3, 0.4) is 0 Å². The Kier molecular flexibility index (Phi) is 15.3. The van der Waals surface area contributed by atoms with E-state index >= 15 is 0 Å². The lowest BCUT2D eigenvalue weighted by Gasteiger charge is -2.28. The van der Waals surface area contributed by atoms with Crippen LogP contribution in [-0.2, 0) is 13.6 Å². The number of hydrogen-bond donors (Lipinski definition) is 1. The third-order valence-corrected chi connectivity index (χ3v) is 6.99. The maximum Gasteiger partial charge on any atom is 0.340 e. The molecule has 1 N–H and O–H groups in total. The SMILES string of the molecule is CCCCCCCC(O)[C@H](/C=C(\C)CCC=C(C)C)P(=O)(OCC)OCC. The van der Waals surface area contributed by atoms with Gasteiger partial charge < -0.3 is 14.2 Å². The second kappa shape index (κ2) is 15.5. The first-order valence-corrected chi connectivity index (χ1v) is 12.3. The summed E-state index contributed by atoms with van der Waals surface area (Å²) < 4.78 is 24.5. The molecule has 0 aromatic rings. The van der Waals surface area contributed by atoms with Crippen LogP contribution in [0.2, 0.25) is 0 Å². The van der Waals surface area contributed by atoms with Gasteiger partial charge in [0.1, 0.15) is 5.66 Å². The molecule has 0 aliphatic carbocycles. The molecule has 0 radical (unpaired) electrons. The zero-order valence-electron chi connectivity index (χ0n) is 18.5. The van der Waals surface area contributed by atoms with Gasteiger partial charge in [0, 0.05) is 0 Å². The zero-order valence-corrected chi connectivity index (χ0v) is 19.4. The minimum Gasteiger partial charge on any atom is -0.392 e. The topological polar surface area (TPSA) is 55.8 Å². The lowest BCUT2D eigenvalue weighted by atomic mass is 10.0. The minimum absolute atomic E-state index is 0.307. The van der Waals surface area contributed by atoms with E-state index in [9.17, 15) is 9.67 Å². The largest absolute Gasteiger partial charge is 0.392 e. The fourth-order valence-corrected chi connectivity index (χ4v) is 5.22. The molecule has 0 amide bonds. The van der Waals surface area contributed by atoms with Crippen LogP contribution in [-0.4, -0.2) is 30.1 Å². The van der Waals surface area contributed by atoms with Crippen molar-refractivity contribution in [3.63, 3.8) is 0 Å². The standard InChI is InChI=1S/C22H43O4P/c1-7-10-11-12-13-17-21(23)22(27(24,25-8-2)26-9-3)18-20(6)16-14-15-19(4)5/h15,18,21-23H,7-14,16-17H2,1-6H3/b20-18+/t21?,22-/m0/s1. The molecule has 0 aromatic heterocycles. The molecule has 0 aliphatic heterocycles. The Morgan fingerprint density at radius 2 is 1.59 bits per heavy atom. The molecule has 0 spiro atoms. The lowest BCUT2D eigenvalue weighted by Crippen LogP contribution is -2.27. The van der Waals surface area contributed by atoms with Crippen LogP contribution in [0.4, 0.5) is 0 Å². The summed E-state index contributed by atoms with van der Waals surface area (Å²) in [7, 11) is -3.39. The molecule has 0 saturated heterocycles. The van der Waals surface area contributed by atoms with Crippen molar-refractivity contribution in [1.29, 1.82) is 0 Å². The number of aliphatic hydroxyl groups is 1. The van der Waals surface area contributed by atoms with Gasteiger partial charge in [-0.05, 0) is 53.9 Å². The second-order valence-corrected chi connectivity index (χ2v) is 9.66. The van der Waals surface area contributed by atoms with Gasteiger partial charge in [0.05, 0.1) is 19.3 Å². The monoisotopic (exact) mass is 402 g/mol. The van der Waals surface area contributed by atoms with E-state index < -0.39 is 19.4 Å². The number of allylic oxidation sites excluding steroid dienone is 3. The molecular weight excluding hydrogens is 359 g/mol. The first kappa shape index (κ1) is 26.6. The predicted molar refractivity (Wildman–Crippen MR) is 116 cm³/mol.